The van der Waals surface area contributed by atoms with Crippen LogP contribution in [-0.4, -0.2) is 46.7 Å². The van der Waals surface area contributed by atoms with E-state index in [1.54, 1.807) is 12.1 Å². The van der Waals surface area contributed by atoms with Crippen molar-refractivity contribution in [1.29, 1.82) is 0 Å². The molecule has 4 N–H and O–H groups in total. The summed E-state index contributed by atoms with van der Waals surface area (Å²) < 4.78 is 0. The molecule has 0 saturated heterocycles. The van der Waals surface area contributed by atoms with E-state index in [-0.39, 0.29) is 6.54 Å². The molecule has 1 aromatic rings. The number of carbonyl (C=O) groups excluding carboxylic acids is 2. The molecule has 7 nitrogen and oxygen atoms in total. The maximum atomic E-state index is 11.7. The van der Waals surface area contributed by atoms with Crippen LogP contribution in [0.5, 0.6) is 0 Å². The van der Waals surface area contributed by atoms with Gasteiger partial charge in [0.05, 0.1) is 13.1 Å². The predicted molar refractivity (Wildman–Crippen MR) is 75.1 cm³/mol. The maximum absolute atomic E-state index is 11.7. The fourth-order valence-corrected chi connectivity index (χ4v) is 1.49. The van der Waals surface area contributed by atoms with Gasteiger partial charge in [0, 0.05) is 10.6 Å². The lowest BCUT2D eigenvalue weighted by molar-refractivity contribution is -0.156. The van der Waals surface area contributed by atoms with E-state index >= 15 is 0 Å². The second-order valence-corrected chi connectivity index (χ2v) is 4.99. The summed E-state index contributed by atoms with van der Waals surface area (Å²) in [5.41, 5.74) is -1.76. The quantitative estimate of drug-likeness (QED) is 0.591. The Kier molecular flexibility index (Phi) is 5.69. The summed E-state index contributed by atoms with van der Waals surface area (Å²) in [4.78, 5) is 33.8. The number of hydrogen-bond donors (Lipinski definition) is 4. The van der Waals surface area contributed by atoms with E-state index in [0.717, 1.165) is 6.92 Å². The maximum Gasteiger partial charge on any atom is 0.337 e. The molecular formula is C13H15ClN2O5. The third-order valence-corrected chi connectivity index (χ3v) is 2.82. The third kappa shape index (κ3) is 5.41. The Labute approximate surface area is 125 Å². The van der Waals surface area contributed by atoms with Gasteiger partial charge in [-0.25, -0.2) is 4.79 Å². The molecule has 0 radical (unpaired) electrons. The molecule has 0 heterocycles. The van der Waals surface area contributed by atoms with Gasteiger partial charge in [0.2, 0.25) is 5.91 Å². The van der Waals surface area contributed by atoms with E-state index in [1.165, 1.54) is 12.1 Å². The lowest BCUT2D eigenvalue weighted by Gasteiger charge is -2.18. The van der Waals surface area contributed by atoms with Crippen LogP contribution in [0.3, 0.4) is 0 Å². The minimum absolute atomic E-state index is 0.299. The smallest absolute Gasteiger partial charge is 0.337 e. The van der Waals surface area contributed by atoms with E-state index in [9.17, 15) is 19.5 Å². The van der Waals surface area contributed by atoms with E-state index in [1.807, 2.05) is 0 Å². The van der Waals surface area contributed by atoms with Gasteiger partial charge in [-0.2, -0.15) is 0 Å². The van der Waals surface area contributed by atoms with Crippen molar-refractivity contribution in [3.8, 4) is 0 Å². The Morgan fingerprint density at radius 1 is 1.29 bits per heavy atom. The van der Waals surface area contributed by atoms with Gasteiger partial charge >= 0.3 is 5.97 Å². The number of nitrogens with one attached hydrogen (secondary N) is 2. The van der Waals surface area contributed by atoms with E-state index in [0.29, 0.717) is 10.6 Å². The molecule has 2 amide bonds. The molecule has 0 aliphatic rings. The molecule has 0 aromatic heterocycles. The second-order valence-electron chi connectivity index (χ2n) is 4.55. The molecule has 0 bridgehead atoms. The summed E-state index contributed by atoms with van der Waals surface area (Å²) in [7, 11) is 0. The minimum atomic E-state index is -2.06. The summed E-state index contributed by atoms with van der Waals surface area (Å²) >= 11 is 5.74. The molecule has 0 aliphatic carbocycles. The van der Waals surface area contributed by atoms with Gasteiger partial charge in [0.1, 0.15) is 0 Å². The van der Waals surface area contributed by atoms with Crippen LogP contribution in [0.4, 0.5) is 0 Å². The summed E-state index contributed by atoms with van der Waals surface area (Å²) in [5.74, 6) is -2.56. The lowest BCUT2D eigenvalue weighted by Crippen LogP contribution is -2.48. The molecule has 1 atom stereocenters. The van der Waals surface area contributed by atoms with Crippen molar-refractivity contribution in [2.75, 3.05) is 13.1 Å². The molecule has 0 aliphatic heterocycles. The number of halogens is 1. The summed E-state index contributed by atoms with van der Waals surface area (Å²) in [6.45, 7) is 0.245. The summed E-state index contributed by atoms with van der Waals surface area (Å²) in [5, 5.41) is 23.0. The number of amides is 2. The summed E-state index contributed by atoms with van der Waals surface area (Å²) in [6, 6.07) is 6.19. The Bertz CT molecular complexity index is 559. The zero-order valence-corrected chi connectivity index (χ0v) is 12.0. The molecule has 1 aromatic carbocycles. The Balaban J connectivity index is 2.43. The molecule has 114 valence electrons. The van der Waals surface area contributed by atoms with E-state index in [4.69, 9.17) is 16.7 Å². The van der Waals surface area contributed by atoms with E-state index < -0.39 is 29.9 Å². The van der Waals surface area contributed by atoms with Crippen LogP contribution < -0.4 is 10.6 Å². The largest absolute Gasteiger partial charge is 0.479 e. The first-order valence-corrected chi connectivity index (χ1v) is 6.36. The van der Waals surface area contributed by atoms with Gasteiger partial charge in [-0.05, 0) is 25.1 Å². The Morgan fingerprint density at radius 3 is 2.52 bits per heavy atom. The third-order valence-electron chi connectivity index (χ3n) is 2.59. The molecule has 8 heteroatoms. The molecule has 0 spiro atoms. The second kappa shape index (κ2) is 7.05. The van der Waals surface area contributed by atoms with Gasteiger partial charge in [0.15, 0.2) is 5.60 Å². The van der Waals surface area contributed by atoms with Crippen LogP contribution in [-0.2, 0) is 9.59 Å². The normalized spacial score (nSPS) is 13.1. The first-order valence-electron chi connectivity index (χ1n) is 5.98. The van der Waals surface area contributed by atoms with Gasteiger partial charge in [-0.3, -0.25) is 9.59 Å². The Hall–Kier alpha value is -2.12. The highest BCUT2D eigenvalue weighted by atomic mass is 35.5. The van der Waals surface area contributed by atoms with Crippen LogP contribution in [0.15, 0.2) is 24.3 Å². The topological polar surface area (TPSA) is 116 Å². The number of aliphatic hydroxyl groups is 1. The van der Waals surface area contributed by atoms with Crippen molar-refractivity contribution in [2.45, 2.75) is 12.5 Å². The van der Waals surface area contributed by atoms with Crippen molar-refractivity contribution < 1.29 is 24.6 Å². The van der Waals surface area contributed by atoms with E-state index in [2.05, 4.69) is 10.6 Å². The number of carboxylic acids is 1. The average molecular weight is 315 g/mol. The highest BCUT2D eigenvalue weighted by Crippen LogP contribution is 2.10. The number of carbonyl (C=O) groups is 3. The molecule has 0 saturated carbocycles. The monoisotopic (exact) mass is 314 g/mol. The highest BCUT2D eigenvalue weighted by molar-refractivity contribution is 6.30. The number of hydrogen-bond acceptors (Lipinski definition) is 4. The molecule has 1 rings (SSSR count). The standard InChI is InChI=1S/C13H15ClN2O5/c1-13(21,12(19)20)7-16-10(17)6-15-11(18)8-3-2-4-9(14)5-8/h2-5,21H,6-7H2,1H3,(H,15,18)(H,16,17)(H,19,20). The van der Waals surface area contributed by atoms with Crippen LogP contribution in [0.2, 0.25) is 5.02 Å². The van der Waals surface area contributed by atoms with Crippen LogP contribution in [0.25, 0.3) is 0 Å². The van der Waals surface area contributed by atoms with Crippen molar-refractivity contribution in [1.82, 2.24) is 10.6 Å². The van der Waals surface area contributed by atoms with Crippen molar-refractivity contribution in [3.05, 3.63) is 34.9 Å². The first kappa shape index (κ1) is 16.9. The lowest BCUT2D eigenvalue weighted by atomic mass is 10.1. The molecule has 0 fully saturated rings. The fourth-order valence-electron chi connectivity index (χ4n) is 1.30. The fraction of sp³-hybridized carbons (Fsp3) is 0.308. The summed E-state index contributed by atoms with van der Waals surface area (Å²) in [6.07, 6.45) is 0. The average Bonchev–Trinajstić information content (AvgIpc) is 2.42. The number of carboxylic acid groups (broad SMARTS) is 1. The van der Waals surface area contributed by atoms with Gasteiger partial charge < -0.3 is 20.8 Å². The number of rotatable bonds is 6. The van der Waals surface area contributed by atoms with Crippen molar-refractivity contribution in [2.24, 2.45) is 0 Å². The molecular weight excluding hydrogens is 300 g/mol. The van der Waals surface area contributed by atoms with Gasteiger partial charge in [-0.1, -0.05) is 17.7 Å². The zero-order valence-electron chi connectivity index (χ0n) is 11.2. The van der Waals surface area contributed by atoms with Crippen molar-refractivity contribution >= 4 is 29.4 Å². The number of aliphatic carboxylic acids is 1. The Morgan fingerprint density at radius 2 is 1.95 bits per heavy atom. The first-order chi connectivity index (χ1) is 9.72. The SMILES string of the molecule is CC(O)(CNC(=O)CNC(=O)c1cccc(Cl)c1)C(=O)O. The van der Waals surface area contributed by atoms with Gasteiger partial charge in [0.25, 0.3) is 5.91 Å². The highest BCUT2D eigenvalue weighted by Gasteiger charge is 2.30. The number of benzene rings is 1. The minimum Gasteiger partial charge on any atom is -0.479 e. The van der Waals surface area contributed by atoms with Gasteiger partial charge in [-0.15, -0.1) is 0 Å². The molecule has 21 heavy (non-hydrogen) atoms. The predicted octanol–water partition coefficient (Wildman–Crippen LogP) is 0.0216. The molecule has 1 unspecified atom stereocenters. The zero-order chi connectivity index (χ0) is 16.0. The van der Waals surface area contributed by atoms with Crippen LogP contribution in [0.1, 0.15) is 17.3 Å². The van der Waals surface area contributed by atoms with Crippen molar-refractivity contribution in [3.63, 3.8) is 0 Å². The van der Waals surface area contributed by atoms with Crippen LogP contribution >= 0.6 is 11.6 Å². The van der Waals surface area contributed by atoms with Crippen LogP contribution in [0, 0.1) is 0 Å².